The van der Waals surface area contributed by atoms with Crippen LogP contribution in [0.15, 0.2) is 53.8 Å². The number of hydrogen-bond acceptors (Lipinski definition) is 7. The lowest BCUT2D eigenvalue weighted by Gasteiger charge is -2.08. The zero-order chi connectivity index (χ0) is 18.7. The average molecular weight is 390 g/mol. The van der Waals surface area contributed by atoms with Crippen molar-refractivity contribution >= 4 is 44.0 Å². The normalized spacial score (nSPS) is 11.4. The fraction of sp³-hybridized carbons (Fsp3) is 0.125. The van der Waals surface area contributed by atoms with Crippen molar-refractivity contribution in [3.63, 3.8) is 0 Å². The molecule has 10 heteroatoms. The lowest BCUT2D eigenvalue weighted by Crippen LogP contribution is -2.14. The van der Waals surface area contributed by atoms with E-state index in [-0.39, 0.29) is 21.5 Å². The maximum atomic E-state index is 12.5. The van der Waals surface area contributed by atoms with Gasteiger partial charge in [-0.3, -0.25) is 14.3 Å². The van der Waals surface area contributed by atoms with Gasteiger partial charge in [-0.15, -0.1) is 0 Å². The Morgan fingerprint density at radius 3 is 2.62 bits per heavy atom. The zero-order valence-electron chi connectivity index (χ0n) is 13.6. The van der Waals surface area contributed by atoms with Crippen molar-refractivity contribution in [2.75, 3.05) is 10.5 Å². The highest BCUT2D eigenvalue weighted by Crippen LogP contribution is 2.17. The number of carbonyl (C=O) groups is 2. The van der Waals surface area contributed by atoms with Crippen molar-refractivity contribution in [3.05, 3.63) is 54.5 Å². The van der Waals surface area contributed by atoms with Crippen molar-refractivity contribution in [2.24, 2.45) is 0 Å². The zero-order valence-corrected chi connectivity index (χ0v) is 15.3. The molecular weight excluding hydrogens is 376 g/mol. The number of Topliss-reactive ketones (excluding diaryl/α,β-unsaturated/α-hetero) is 1. The van der Waals surface area contributed by atoms with Crippen LogP contribution in [0, 0.1) is 0 Å². The molecule has 0 saturated heterocycles. The second-order valence-corrected chi connectivity index (χ2v) is 8.14. The molecule has 0 spiro atoms. The summed E-state index contributed by atoms with van der Waals surface area (Å²) >= 11 is 0.932. The third-order valence-electron chi connectivity index (χ3n) is 3.40. The van der Waals surface area contributed by atoms with Crippen LogP contribution in [0.5, 0.6) is 0 Å². The Hall–Kier alpha value is -2.72. The van der Waals surface area contributed by atoms with Gasteiger partial charge in [-0.05, 0) is 24.3 Å². The van der Waals surface area contributed by atoms with Gasteiger partial charge in [0.2, 0.25) is 0 Å². The minimum atomic E-state index is -3.84. The van der Waals surface area contributed by atoms with Crippen LogP contribution < -0.4 is 4.72 Å². The summed E-state index contributed by atoms with van der Waals surface area (Å²) in [6.45, 7) is 1.39. The largest absolute Gasteiger partial charge is 0.293 e. The van der Waals surface area contributed by atoms with Crippen molar-refractivity contribution in [2.45, 2.75) is 11.8 Å². The number of rotatable bonds is 6. The molecular formula is C16H14N4O4S2. The fourth-order valence-corrected chi connectivity index (χ4v) is 3.62. The molecule has 0 unspecified atom stereocenters. The highest BCUT2D eigenvalue weighted by atomic mass is 32.2. The number of sulfonamides is 1. The molecule has 3 aromatic rings. The number of carbonyl (C=O) groups excluding carboxylic acids is 2. The average Bonchev–Trinajstić information content (AvgIpc) is 3.07. The van der Waals surface area contributed by atoms with Crippen LogP contribution in [0.4, 0.5) is 5.69 Å². The van der Waals surface area contributed by atoms with Crippen molar-refractivity contribution in [1.82, 2.24) is 14.6 Å². The molecule has 0 aliphatic heterocycles. The smallest absolute Gasteiger partial charge is 0.264 e. The van der Waals surface area contributed by atoms with Crippen molar-refractivity contribution < 1.29 is 18.0 Å². The van der Waals surface area contributed by atoms with Gasteiger partial charge in [-0.25, -0.2) is 17.9 Å². The minimum absolute atomic E-state index is 0.0355. The molecule has 1 N–H and O–H groups in total. The standard InChI is InChI=1S/C16H14N4O4S2/c1-11(21)25-10-15(22)12-2-4-13(5-3-12)19-26(23,24)14-8-17-16-6-7-18-20(16)9-14/h2-9,19H,10H2,1H3. The van der Waals surface area contributed by atoms with Crippen LogP contribution in [0.25, 0.3) is 5.65 Å². The van der Waals surface area contributed by atoms with E-state index in [2.05, 4.69) is 14.8 Å². The summed E-state index contributed by atoms with van der Waals surface area (Å²) in [5.41, 5.74) is 1.25. The predicted octanol–water partition coefficient (Wildman–Crippen LogP) is 1.99. The molecule has 0 aliphatic carbocycles. The van der Waals surface area contributed by atoms with Crippen LogP contribution in [-0.2, 0) is 14.8 Å². The topological polar surface area (TPSA) is 110 Å². The quantitative estimate of drug-likeness (QED) is 0.641. The molecule has 0 bridgehead atoms. The van der Waals surface area contributed by atoms with Gasteiger partial charge < -0.3 is 0 Å². The molecule has 2 heterocycles. The van der Waals surface area contributed by atoms with Gasteiger partial charge in [-0.1, -0.05) is 11.8 Å². The predicted molar refractivity (Wildman–Crippen MR) is 97.7 cm³/mol. The molecule has 0 fully saturated rings. The molecule has 26 heavy (non-hydrogen) atoms. The maximum Gasteiger partial charge on any atom is 0.264 e. The summed E-state index contributed by atoms with van der Waals surface area (Å²) in [6.07, 6.45) is 4.13. The second-order valence-electron chi connectivity index (χ2n) is 5.31. The maximum absolute atomic E-state index is 12.5. The van der Waals surface area contributed by atoms with Gasteiger partial charge in [0.15, 0.2) is 16.5 Å². The number of aromatic nitrogens is 3. The lowest BCUT2D eigenvalue weighted by molar-refractivity contribution is -0.109. The third-order valence-corrected chi connectivity index (χ3v) is 5.55. The highest BCUT2D eigenvalue weighted by molar-refractivity contribution is 8.14. The Kier molecular flexibility index (Phi) is 5.05. The van der Waals surface area contributed by atoms with E-state index in [9.17, 15) is 18.0 Å². The van der Waals surface area contributed by atoms with Crippen molar-refractivity contribution in [1.29, 1.82) is 0 Å². The first kappa shape index (κ1) is 18.1. The van der Waals surface area contributed by atoms with E-state index in [1.54, 1.807) is 6.07 Å². The van der Waals surface area contributed by atoms with Crippen LogP contribution >= 0.6 is 11.8 Å². The molecule has 3 rings (SSSR count). The Balaban J connectivity index is 1.75. The number of thioether (sulfide) groups is 1. The van der Waals surface area contributed by atoms with E-state index >= 15 is 0 Å². The minimum Gasteiger partial charge on any atom is -0.293 e. The Morgan fingerprint density at radius 1 is 1.19 bits per heavy atom. The molecule has 134 valence electrons. The summed E-state index contributed by atoms with van der Waals surface area (Å²) in [5.74, 6) is -0.149. The molecule has 8 nitrogen and oxygen atoms in total. The molecule has 0 atom stereocenters. The summed E-state index contributed by atoms with van der Waals surface area (Å²) in [5, 5.41) is 3.83. The van der Waals surface area contributed by atoms with Gasteiger partial charge in [-0.2, -0.15) is 5.10 Å². The van der Waals surface area contributed by atoms with Gasteiger partial charge in [0.1, 0.15) is 4.90 Å². The summed E-state index contributed by atoms with van der Waals surface area (Å²) < 4.78 is 28.7. The molecule has 2 aromatic heterocycles. The first-order chi connectivity index (χ1) is 12.3. The van der Waals surface area contributed by atoms with E-state index in [0.29, 0.717) is 16.9 Å². The lowest BCUT2D eigenvalue weighted by atomic mass is 10.1. The summed E-state index contributed by atoms with van der Waals surface area (Å²) in [4.78, 5) is 26.8. The monoisotopic (exact) mass is 390 g/mol. The van der Waals surface area contributed by atoms with Gasteiger partial charge in [0, 0.05) is 24.2 Å². The first-order valence-corrected chi connectivity index (χ1v) is 9.91. The third kappa shape index (κ3) is 4.09. The number of fused-ring (bicyclic) bond motifs is 1. The molecule has 0 aliphatic rings. The Morgan fingerprint density at radius 2 is 1.92 bits per heavy atom. The number of benzene rings is 1. The van der Waals surface area contributed by atoms with E-state index in [1.807, 2.05) is 0 Å². The van der Waals surface area contributed by atoms with E-state index < -0.39 is 10.0 Å². The van der Waals surface area contributed by atoms with Crippen molar-refractivity contribution in [3.8, 4) is 0 Å². The highest BCUT2D eigenvalue weighted by Gasteiger charge is 2.16. The number of nitrogens with one attached hydrogen (secondary N) is 1. The molecule has 1 aromatic carbocycles. The van der Waals surface area contributed by atoms with E-state index in [4.69, 9.17) is 0 Å². The number of anilines is 1. The fourth-order valence-electron chi connectivity index (χ4n) is 2.12. The first-order valence-electron chi connectivity index (χ1n) is 7.44. The number of ketones is 1. The summed E-state index contributed by atoms with van der Waals surface area (Å²) in [7, 11) is -3.84. The van der Waals surface area contributed by atoms with E-state index in [1.165, 1.54) is 54.3 Å². The van der Waals surface area contributed by atoms with Crippen LogP contribution in [0.2, 0.25) is 0 Å². The number of nitrogens with zero attached hydrogens (tertiary/aromatic N) is 3. The second kappa shape index (κ2) is 7.26. The summed E-state index contributed by atoms with van der Waals surface area (Å²) in [6, 6.07) is 7.65. The van der Waals surface area contributed by atoms with Gasteiger partial charge in [0.05, 0.1) is 24.3 Å². The molecule has 0 radical (unpaired) electrons. The van der Waals surface area contributed by atoms with Crippen LogP contribution in [0.1, 0.15) is 17.3 Å². The van der Waals surface area contributed by atoms with Crippen LogP contribution in [0.3, 0.4) is 0 Å². The molecule has 0 saturated carbocycles. The van der Waals surface area contributed by atoms with Crippen LogP contribution in [-0.4, -0.2) is 39.7 Å². The number of hydrogen-bond donors (Lipinski definition) is 1. The van der Waals surface area contributed by atoms with Gasteiger partial charge >= 0.3 is 0 Å². The molecule has 0 amide bonds. The van der Waals surface area contributed by atoms with E-state index in [0.717, 1.165) is 11.8 Å². The SMILES string of the molecule is CC(=O)SCC(=O)c1ccc(NS(=O)(=O)c2cnc3ccnn3c2)cc1. The Labute approximate surface area is 153 Å². The van der Waals surface area contributed by atoms with Gasteiger partial charge in [0.25, 0.3) is 10.0 Å². The Bertz CT molecular complexity index is 1080.